The highest BCUT2D eigenvalue weighted by Crippen LogP contribution is 2.36. The van der Waals surface area contributed by atoms with E-state index in [0.29, 0.717) is 57.3 Å². The third-order valence-electron chi connectivity index (χ3n) is 6.70. The van der Waals surface area contributed by atoms with Crippen LogP contribution in [0.1, 0.15) is 33.1 Å². The van der Waals surface area contributed by atoms with Crippen LogP contribution in [0, 0.1) is 11.8 Å². The summed E-state index contributed by atoms with van der Waals surface area (Å²) in [6, 6.07) is 11.2. The van der Waals surface area contributed by atoms with Crippen LogP contribution in [-0.2, 0) is 29.4 Å². The van der Waals surface area contributed by atoms with Gasteiger partial charge in [-0.05, 0) is 68.6 Å². The number of ether oxygens (including phenoxy) is 1. The van der Waals surface area contributed by atoms with Crippen molar-refractivity contribution >= 4 is 43.3 Å². The zero-order valence-electron chi connectivity index (χ0n) is 23.3. The largest absolute Gasteiger partial charge is 0.501 e. The monoisotopic (exact) mass is 651 g/mol. The molecule has 2 aromatic carbocycles. The van der Waals surface area contributed by atoms with Gasteiger partial charge >= 0.3 is 11.5 Å². The summed E-state index contributed by atoms with van der Waals surface area (Å²) >= 11 is 1.44. The Morgan fingerprint density at radius 2 is 1.74 bits per heavy atom. The summed E-state index contributed by atoms with van der Waals surface area (Å²) in [5.41, 5.74) is -6.03. The zero-order valence-corrected chi connectivity index (χ0v) is 25.8. The minimum absolute atomic E-state index is 0.185. The molecule has 3 rings (SSSR count). The van der Waals surface area contributed by atoms with Crippen LogP contribution in [0.2, 0.25) is 0 Å². The van der Waals surface area contributed by atoms with E-state index in [1.54, 1.807) is 0 Å². The molecule has 1 saturated heterocycles. The molecule has 9 nitrogen and oxygen atoms in total. The molecule has 0 spiro atoms. The first-order chi connectivity index (χ1) is 19.6. The molecule has 15 heteroatoms. The molecule has 234 valence electrons. The molecular weight excluding hydrogens is 616 g/mol. The van der Waals surface area contributed by atoms with Gasteiger partial charge < -0.3 is 15.0 Å². The Bertz CT molecular complexity index is 1410. The molecule has 3 N–H and O–H groups in total. The van der Waals surface area contributed by atoms with Gasteiger partial charge in [0.05, 0.1) is 23.1 Å². The fraction of sp³-hybridized carbons (Fsp3) is 0.519. The van der Waals surface area contributed by atoms with Crippen molar-refractivity contribution < 1.29 is 39.5 Å². The van der Waals surface area contributed by atoms with Crippen LogP contribution in [0.15, 0.2) is 63.2 Å². The van der Waals surface area contributed by atoms with E-state index in [1.165, 1.54) is 11.8 Å². The number of sulfone groups is 1. The number of rotatable bonds is 13. The molecular formula is C27H36F3N3O6S3. The van der Waals surface area contributed by atoms with Crippen molar-refractivity contribution in [2.75, 3.05) is 37.3 Å². The Morgan fingerprint density at radius 3 is 2.31 bits per heavy atom. The van der Waals surface area contributed by atoms with Gasteiger partial charge in [-0.3, -0.25) is 4.79 Å². The molecule has 1 atom stereocenters. The fourth-order valence-corrected chi connectivity index (χ4v) is 6.93. The molecule has 1 aliphatic heterocycles. The molecule has 2 aromatic rings. The van der Waals surface area contributed by atoms with E-state index in [0.717, 1.165) is 17.0 Å². The zero-order chi connectivity index (χ0) is 31.1. The summed E-state index contributed by atoms with van der Waals surface area (Å²) < 4.78 is 94.5. The summed E-state index contributed by atoms with van der Waals surface area (Å²) in [6.07, 6.45) is 1.68. The summed E-state index contributed by atoms with van der Waals surface area (Å²) in [7, 11) is -10.4. The topological polar surface area (TPSA) is 136 Å². The van der Waals surface area contributed by atoms with E-state index in [9.17, 15) is 34.8 Å². The lowest BCUT2D eigenvalue weighted by atomic mass is 9.96. The van der Waals surface area contributed by atoms with Gasteiger partial charge in [-0.25, -0.2) is 22.0 Å². The minimum Gasteiger partial charge on any atom is -0.465 e. The lowest BCUT2D eigenvalue weighted by Crippen LogP contribution is -2.39. The maximum atomic E-state index is 13.6. The number of thioether (sulfide) groups is 1. The molecule has 0 aromatic heterocycles. The first-order valence-corrected chi connectivity index (χ1v) is 17.4. The molecule has 0 unspecified atom stereocenters. The van der Waals surface area contributed by atoms with E-state index < -0.39 is 41.2 Å². The van der Waals surface area contributed by atoms with Gasteiger partial charge in [0.25, 0.3) is 9.84 Å². The van der Waals surface area contributed by atoms with Crippen LogP contribution in [0.3, 0.4) is 0 Å². The molecule has 0 aliphatic carbocycles. The van der Waals surface area contributed by atoms with Gasteiger partial charge in [-0.2, -0.15) is 13.2 Å². The normalized spacial score (nSPS) is 16.4. The Balaban J connectivity index is 1.78. The highest BCUT2D eigenvalue weighted by Gasteiger charge is 2.48. The van der Waals surface area contributed by atoms with Crippen molar-refractivity contribution in [1.82, 2.24) is 4.90 Å². The summed E-state index contributed by atoms with van der Waals surface area (Å²) in [6.45, 7) is 6.11. The number of nitrogens with two attached hydrogens (primary N) is 1. The second kappa shape index (κ2) is 14.4. The fourth-order valence-electron chi connectivity index (χ4n) is 4.37. The van der Waals surface area contributed by atoms with Crippen molar-refractivity contribution in [2.24, 2.45) is 17.0 Å². The molecule has 1 heterocycles. The van der Waals surface area contributed by atoms with Crippen LogP contribution in [0.4, 0.5) is 18.9 Å². The highest BCUT2D eigenvalue weighted by atomic mass is 32.2. The highest BCUT2D eigenvalue weighted by molar-refractivity contribution is 7.99. The number of hydrogen-bond acceptors (Lipinski definition) is 9. The first kappa shape index (κ1) is 34.2. The van der Waals surface area contributed by atoms with Gasteiger partial charge in [0.2, 0.25) is 10.0 Å². The Kier molecular flexibility index (Phi) is 11.7. The number of carbonyl (C=O) groups excluding carboxylic acids is 1. The molecule has 0 radical (unpaired) electrons. The number of piperidine rings is 1. The van der Waals surface area contributed by atoms with Gasteiger partial charge in [0.15, 0.2) is 0 Å². The lowest BCUT2D eigenvalue weighted by molar-refractivity contribution is -0.151. The predicted molar refractivity (Wildman–Crippen MR) is 155 cm³/mol. The number of carbonyl (C=O) groups is 1. The number of primary sulfonamides is 1. The molecule has 0 amide bonds. The van der Waals surface area contributed by atoms with Gasteiger partial charge in [-0.1, -0.05) is 32.0 Å². The van der Waals surface area contributed by atoms with Crippen molar-refractivity contribution in [2.45, 2.75) is 59.3 Å². The van der Waals surface area contributed by atoms with Crippen LogP contribution in [-0.4, -0.2) is 71.2 Å². The Hall–Kier alpha value is -2.33. The van der Waals surface area contributed by atoms with E-state index in [1.807, 2.05) is 44.2 Å². The number of esters is 1. The smallest absolute Gasteiger partial charge is 0.465 e. The van der Waals surface area contributed by atoms with Crippen molar-refractivity contribution in [3.63, 3.8) is 0 Å². The van der Waals surface area contributed by atoms with Crippen molar-refractivity contribution in [3.8, 4) is 0 Å². The lowest BCUT2D eigenvalue weighted by Gasteiger charge is -2.32. The SMILES string of the molecule is CC(C)COC(=O)C1CCN(CC[C@H](CSc2ccccc2)Nc2ccc(S(N)(=O)=O)cc2S(=O)(=O)C(F)(F)F)CC1. The second-order valence-electron chi connectivity index (χ2n) is 10.5. The molecule has 1 fully saturated rings. The predicted octanol–water partition coefficient (Wildman–Crippen LogP) is 4.50. The number of nitrogens with zero attached hydrogens (tertiary/aromatic N) is 1. The van der Waals surface area contributed by atoms with Crippen LogP contribution < -0.4 is 10.5 Å². The number of hydrogen-bond donors (Lipinski definition) is 2. The van der Waals surface area contributed by atoms with E-state index >= 15 is 0 Å². The molecule has 1 aliphatic rings. The Labute approximate surface area is 249 Å². The minimum atomic E-state index is -5.91. The third kappa shape index (κ3) is 9.59. The standard InChI is InChI=1S/C27H36F3N3O6S3/c1-19(2)17-39-26(34)20-10-13-33(14-11-20)15-12-21(18-40-22-6-4-3-5-7-22)32-24-9-8-23(42(31,37)38)16-25(24)41(35,36)27(28,29)30/h3-9,16,19-21,32H,10-15,17-18H2,1-2H3,(H2,31,37,38)/t21-/m1/s1. The van der Waals surface area contributed by atoms with Gasteiger partial charge in [-0.15, -0.1) is 11.8 Å². The van der Waals surface area contributed by atoms with Crippen molar-refractivity contribution in [1.29, 1.82) is 0 Å². The average Bonchev–Trinajstić information content (AvgIpc) is 2.92. The number of nitrogens with one attached hydrogen (secondary N) is 1. The summed E-state index contributed by atoms with van der Waals surface area (Å²) in [4.78, 5) is 13.4. The molecule has 42 heavy (non-hydrogen) atoms. The van der Waals surface area contributed by atoms with Crippen LogP contribution in [0.25, 0.3) is 0 Å². The second-order valence-corrected chi connectivity index (χ2v) is 15.1. The third-order valence-corrected chi connectivity index (χ3v) is 10.3. The molecule has 0 saturated carbocycles. The van der Waals surface area contributed by atoms with E-state index in [-0.39, 0.29) is 23.5 Å². The number of anilines is 1. The average molecular weight is 652 g/mol. The van der Waals surface area contributed by atoms with Gasteiger partial charge in [0, 0.05) is 23.2 Å². The van der Waals surface area contributed by atoms with Crippen LogP contribution >= 0.6 is 11.8 Å². The number of benzene rings is 2. The quantitative estimate of drug-likeness (QED) is 0.237. The van der Waals surface area contributed by atoms with Crippen molar-refractivity contribution in [3.05, 3.63) is 48.5 Å². The first-order valence-electron chi connectivity index (χ1n) is 13.4. The van der Waals surface area contributed by atoms with E-state index in [4.69, 9.17) is 9.88 Å². The summed E-state index contributed by atoms with van der Waals surface area (Å²) in [5.74, 6) is 0.234. The number of alkyl halides is 3. The number of likely N-dealkylation sites (tertiary alicyclic amines) is 1. The maximum Gasteiger partial charge on any atom is 0.501 e. The Morgan fingerprint density at radius 1 is 1.10 bits per heavy atom. The van der Waals surface area contributed by atoms with Crippen LogP contribution in [0.5, 0.6) is 0 Å². The number of sulfonamides is 1. The van der Waals surface area contributed by atoms with E-state index in [2.05, 4.69) is 10.2 Å². The maximum absolute atomic E-state index is 13.6. The summed E-state index contributed by atoms with van der Waals surface area (Å²) in [5, 5.41) is 8.00. The molecule has 0 bridgehead atoms. The number of halogens is 3. The van der Waals surface area contributed by atoms with Gasteiger partial charge in [0.1, 0.15) is 4.90 Å².